The molecule has 7 nitrogen and oxygen atoms in total. The fourth-order valence-electron chi connectivity index (χ4n) is 3.55. The number of carbonyl (C=O) groups is 1. The van der Waals surface area contributed by atoms with E-state index in [0.717, 1.165) is 38.3 Å². The van der Waals surface area contributed by atoms with E-state index in [1.807, 2.05) is 19.1 Å². The molecule has 2 aromatic carbocycles. The number of carboxylic acids is 1. The van der Waals surface area contributed by atoms with Crippen LogP contribution >= 0.6 is 0 Å². The zero-order valence-electron chi connectivity index (χ0n) is 17.5. The number of aliphatic carboxylic acids is 1. The molecule has 1 atom stereocenters. The Hall–Kier alpha value is -3.08. The number of carboxylic acid groups (broad SMARTS) is 1. The van der Waals surface area contributed by atoms with Gasteiger partial charge in [0.1, 0.15) is 5.75 Å². The number of hydrogen-bond acceptors (Lipinski definition) is 6. The van der Waals surface area contributed by atoms with Gasteiger partial charge in [-0.25, -0.2) is 4.79 Å². The van der Waals surface area contributed by atoms with E-state index in [2.05, 4.69) is 28.2 Å². The maximum absolute atomic E-state index is 12.1. The van der Waals surface area contributed by atoms with E-state index < -0.39 is 12.0 Å². The molecule has 30 heavy (non-hydrogen) atoms. The second kappa shape index (κ2) is 10.1. The van der Waals surface area contributed by atoms with E-state index in [-0.39, 0.29) is 0 Å². The molecule has 2 N–H and O–H groups in total. The third-order valence-electron chi connectivity index (χ3n) is 5.21. The number of rotatable bonds is 8. The molecule has 0 amide bonds. The van der Waals surface area contributed by atoms with Crippen LogP contribution in [0.4, 0.5) is 5.69 Å². The standard InChI is InChI=1S/C23H28N4O3/c1-3-30-21-13-18(16-27-10-8-26(2)9-11-27)12-19(14-21)22(23(28)29)25-20-6-4-17(15-24)5-7-20/h4-7,12-14,22,25H,3,8-11,16H2,1-2H3,(H,28,29). The van der Waals surface area contributed by atoms with Crippen molar-refractivity contribution in [2.45, 2.75) is 19.5 Å². The average Bonchev–Trinajstić information content (AvgIpc) is 2.74. The van der Waals surface area contributed by atoms with E-state index in [1.165, 1.54) is 0 Å². The highest BCUT2D eigenvalue weighted by Crippen LogP contribution is 2.27. The van der Waals surface area contributed by atoms with Crippen LogP contribution in [-0.4, -0.2) is 60.7 Å². The minimum Gasteiger partial charge on any atom is -0.494 e. The summed E-state index contributed by atoms with van der Waals surface area (Å²) in [5.74, 6) is -0.300. The number of ether oxygens (including phenoxy) is 1. The summed E-state index contributed by atoms with van der Waals surface area (Å²) >= 11 is 0. The van der Waals surface area contributed by atoms with Crippen LogP contribution in [-0.2, 0) is 11.3 Å². The largest absolute Gasteiger partial charge is 0.494 e. The normalized spacial score (nSPS) is 15.9. The average molecular weight is 409 g/mol. The van der Waals surface area contributed by atoms with Gasteiger partial charge in [-0.05, 0) is 61.5 Å². The minimum absolute atomic E-state index is 0.512. The molecule has 1 aliphatic rings. The topological polar surface area (TPSA) is 88.8 Å². The Morgan fingerprint density at radius 3 is 2.50 bits per heavy atom. The van der Waals surface area contributed by atoms with Crippen molar-refractivity contribution in [2.75, 3.05) is 45.2 Å². The van der Waals surface area contributed by atoms with Crippen LogP contribution < -0.4 is 10.1 Å². The summed E-state index contributed by atoms with van der Waals surface area (Å²) < 4.78 is 5.72. The summed E-state index contributed by atoms with van der Waals surface area (Å²) in [5.41, 5.74) is 2.85. The van der Waals surface area contributed by atoms with E-state index in [0.29, 0.717) is 29.2 Å². The lowest BCUT2D eigenvalue weighted by molar-refractivity contribution is -0.138. The van der Waals surface area contributed by atoms with E-state index in [4.69, 9.17) is 10.00 Å². The van der Waals surface area contributed by atoms with Crippen LogP contribution in [0.2, 0.25) is 0 Å². The van der Waals surface area contributed by atoms with Gasteiger partial charge in [-0.3, -0.25) is 4.90 Å². The maximum atomic E-state index is 12.1. The summed E-state index contributed by atoms with van der Waals surface area (Å²) in [6.45, 7) is 7.19. The van der Waals surface area contributed by atoms with Crippen molar-refractivity contribution in [3.05, 3.63) is 59.2 Å². The molecule has 158 valence electrons. The van der Waals surface area contributed by atoms with Crippen molar-refractivity contribution in [1.82, 2.24) is 9.80 Å². The summed E-state index contributed by atoms with van der Waals surface area (Å²) in [5, 5.41) is 21.9. The highest BCUT2D eigenvalue weighted by Gasteiger charge is 2.22. The predicted octanol–water partition coefficient (Wildman–Crippen LogP) is 2.94. The Morgan fingerprint density at radius 1 is 1.20 bits per heavy atom. The molecular formula is C23H28N4O3. The summed E-state index contributed by atoms with van der Waals surface area (Å²) in [4.78, 5) is 16.7. The predicted molar refractivity (Wildman–Crippen MR) is 116 cm³/mol. The number of nitrogens with one attached hydrogen (secondary N) is 1. The van der Waals surface area contributed by atoms with E-state index in [9.17, 15) is 9.90 Å². The highest BCUT2D eigenvalue weighted by molar-refractivity contribution is 5.79. The molecule has 1 heterocycles. The Morgan fingerprint density at radius 2 is 1.90 bits per heavy atom. The van der Waals surface area contributed by atoms with Gasteiger partial charge >= 0.3 is 5.97 Å². The van der Waals surface area contributed by atoms with Gasteiger partial charge in [-0.15, -0.1) is 0 Å². The maximum Gasteiger partial charge on any atom is 0.330 e. The van der Waals surface area contributed by atoms with Gasteiger partial charge < -0.3 is 20.1 Å². The van der Waals surface area contributed by atoms with Gasteiger partial charge in [0.15, 0.2) is 6.04 Å². The van der Waals surface area contributed by atoms with Gasteiger partial charge in [-0.1, -0.05) is 6.07 Å². The molecule has 0 bridgehead atoms. The van der Waals surface area contributed by atoms with Gasteiger partial charge in [0.05, 0.1) is 18.2 Å². The van der Waals surface area contributed by atoms with E-state index in [1.54, 1.807) is 30.3 Å². The highest BCUT2D eigenvalue weighted by atomic mass is 16.5. The first-order chi connectivity index (χ1) is 14.5. The van der Waals surface area contributed by atoms with E-state index >= 15 is 0 Å². The molecular weight excluding hydrogens is 380 g/mol. The van der Waals surface area contributed by atoms with Gasteiger partial charge in [0.25, 0.3) is 0 Å². The molecule has 0 aromatic heterocycles. The number of nitrogens with zero attached hydrogens (tertiary/aromatic N) is 3. The zero-order chi connectivity index (χ0) is 21.5. The van der Waals surface area contributed by atoms with Gasteiger partial charge in [0, 0.05) is 38.4 Å². The molecule has 7 heteroatoms. The third kappa shape index (κ3) is 5.72. The summed E-state index contributed by atoms with van der Waals surface area (Å²) in [7, 11) is 2.12. The summed E-state index contributed by atoms with van der Waals surface area (Å²) in [6, 6.07) is 13.6. The van der Waals surface area contributed by atoms with Crippen molar-refractivity contribution in [3.8, 4) is 11.8 Å². The van der Waals surface area contributed by atoms with Gasteiger partial charge in [-0.2, -0.15) is 5.26 Å². The molecule has 1 saturated heterocycles. The monoisotopic (exact) mass is 408 g/mol. The van der Waals surface area contributed by atoms with Crippen molar-refractivity contribution in [1.29, 1.82) is 5.26 Å². The minimum atomic E-state index is -0.974. The number of piperazine rings is 1. The van der Waals surface area contributed by atoms with Crippen LogP contribution in [0.15, 0.2) is 42.5 Å². The fraction of sp³-hybridized carbons (Fsp3) is 0.391. The molecule has 1 fully saturated rings. The van der Waals surface area contributed by atoms with Crippen LogP contribution in [0.1, 0.15) is 29.7 Å². The fourth-order valence-corrected chi connectivity index (χ4v) is 3.55. The molecule has 1 aliphatic heterocycles. The Labute approximate surface area is 177 Å². The van der Waals surface area contributed by atoms with Crippen molar-refractivity contribution < 1.29 is 14.6 Å². The van der Waals surface area contributed by atoms with Crippen LogP contribution in [0.25, 0.3) is 0 Å². The molecule has 1 unspecified atom stereocenters. The van der Waals surface area contributed by atoms with Crippen molar-refractivity contribution in [2.24, 2.45) is 0 Å². The second-order valence-electron chi connectivity index (χ2n) is 7.53. The Kier molecular flexibility index (Phi) is 7.28. The zero-order valence-corrected chi connectivity index (χ0v) is 17.5. The molecule has 0 saturated carbocycles. The van der Waals surface area contributed by atoms with Crippen molar-refractivity contribution in [3.63, 3.8) is 0 Å². The Balaban J connectivity index is 1.85. The number of anilines is 1. The lowest BCUT2D eigenvalue weighted by Gasteiger charge is -2.32. The first-order valence-electron chi connectivity index (χ1n) is 10.2. The first kappa shape index (κ1) is 21.6. The second-order valence-corrected chi connectivity index (χ2v) is 7.53. The lowest BCUT2D eigenvalue weighted by atomic mass is 10.0. The number of nitriles is 1. The molecule has 0 spiro atoms. The first-order valence-corrected chi connectivity index (χ1v) is 10.2. The number of benzene rings is 2. The number of hydrogen-bond donors (Lipinski definition) is 2. The van der Waals surface area contributed by atoms with Crippen LogP contribution in [0, 0.1) is 11.3 Å². The number of likely N-dealkylation sites (N-methyl/N-ethyl adjacent to an activating group) is 1. The summed E-state index contributed by atoms with van der Waals surface area (Å²) in [6.07, 6.45) is 0. The van der Waals surface area contributed by atoms with Crippen LogP contribution in [0.3, 0.4) is 0 Å². The molecule has 0 radical (unpaired) electrons. The van der Waals surface area contributed by atoms with Crippen molar-refractivity contribution >= 4 is 11.7 Å². The van der Waals surface area contributed by atoms with Crippen LogP contribution in [0.5, 0.6) is 5.75 Å². The molecule has 2 aromatic rings. The SMILES string of the molecule is CCOc1cc(CN2CCN(C)CC2)cc(C(Nc2ccc(C#N)cc2)C(=O)O)c1. The lowest BCUT2D eigenvalue weighted by Crippen LogP contribution is -2.43. The third-order valence-corrected chi connectivity index (χ3v) is 5.21. The smallest absolute Gasteiger partial charge is 0.330 e. The quantitative estimate of drug-likeness (QED) is 0.694. The molecule has 0 aliphatic carbocycles. The molecule has 3 rings (SSSR count). The Bertz CT molecular complexity index is 900. The van der Waals surface area contributed by atoms with Gasteiger partial charge in [0.2, 0.25) is 0 Å².